The molecule has 0 radical (unpaired) electrons. The summed E-state index contributed by atoms with van der Waals surface area (Å²) in [6, 6.07) is -3.40. The first kappa shape index (κ1) is 56.3. The first-order valence-electron chi connectivity index (χ1n) is 21.2. The number of aliphatic carboxylic acids is 1. The Hall–Kier alpha value is -2.59. The Morgan fingerprint density at radius 3 is 1.66 bits per heavy atom. The molecule has 0 aromatic heterocycles. The number of nitrogens with one attached hydrogen (secondary N) is 2. The van der Waals surface area contributed by atoms with E-state index in [1.807, 2.05) is 0 Å². The van der Waals surface area contributed by atoms with Crippen molar-refractivity contribution in [2.75, 3.05) is 33.0 Å². The van der Waals surface area contributed by atoms with Crippen LogP contribution in [-0.2, 0) is 57.0 Å². The molecule has 0 unspecified atom stereocenters. The van der Waals surface area contributed by atoms with Crippen LogP contribution in [0, 0.1) is 0 Å². The highest BCUT2D eigenvalue weighted by Crippen LogP contribution is 2.37. The molecule has 5 aliphatic heterocycles. The molecule has 31 nitrogen and oxygen atoms in total. The summed E-state index contributed by atoms with van der Waals surface area (Å²) in [4.78, 5) is 37.3. The summed E-state index contributed by atoms with van der Waals surface area (Å²) in [6.45, 7) is -3.16. The predicted molar refractivity (Wildman–Crippen MR) is 207 cm³/mol. The number of aliphatic hydroxyl groups is 16. The number of carboxylic acid groups (broad SMARTS) is 1. The number of aliphatic hydroxyl groups excluding tert-OH is 16. The van der Waals surface area contributed by atoms with E-state index in [0.29, 0.717) is 0 Å². The van der Waals surface area contributed by atoms with Crippen molar-refractivity contribution in [1.29, 1.82) is 0 Å². The fourth-order valence-corrected chi connectivity index (χ4v) is 8.42. The van der Waals surface area contributed by atoms with Gasteiger partial charge in [0.15, 0.2) is 25.2 Å². The summed E-state index contributed by atoms with van der Waals surface area (Å²) in [5, 5.41) is 184. The fraction of sp³-hybridized carbons (Fsp3) is 0.919. The third kappa shape index (κ3) is 12.0. The number of carbonyl (C=O) groups is 3. The van der Waals surface area contributed by atoms with Crippen LogP contribution in [0.25, 0.3) is 0 Å². The van der Waals surface area contributed by atoms with Crippen LogP contribution in [0.1, 0.15) is 20.3 Å². The molecule has 0 aromatic rings. The first-order chi connectivity index (χ1) is 31.9. The number of carboxylic acids is 1. The minimum atomic E-state index is -2.98. The van der Waals surface area contributed by atoms with Crippen LogP contribution in [-0.4, -0.2) is 297 Å². The largest absolute Gasteiger partial charge is 0.477 e. The molecule has 0 bridgehead atoms. The van der Waals surface area contributed by atoms with E-state index < -0.39 is 216 Å². The Morgan fingerprint density at radius 2 is 1.10 bits per heavy atom. The van der Waals surface area contributed by atoms with E-state index in [1.165, 1.54) is 0 Å². The predicted octanol–water partition coefficient (Wildman–Crippen LogP) is -12.4. The van der Waals surface area contributed by atoms with Crippen LogP contribution in [0.4, 0.5) is 0 Å². The molecule has 0 saturated carbocycles. The third-order valence-corrected chi connectivity index (χ3v) is 12.1. The quantitative estimate of drug-likeness (QED) is 0.0606. The molecule has 0 aromatic carbocycles. The summed E-state index contributed by atoms with van der Waals surface area (Å²) in [5.41, 5.74) is 0. The van der Waals surface area contributed by atoms with Crippen molar-refractivity contribution in [3.05, 3.63) is 0 Å². The van der Waals surface area contributed by atoms with E-state index in [0.717, 1.165) is 13.8 Å². The second-order valence-corrected chi connectivity index (χ2v) is 16.9. The summed E-state index contributed by atoms with van der Waals surface area (Å²) in [7, 11) is 0. The van der Waals surface area contributed by atoms with Gasteiger partial charge in [0.1, 0.15) is 116 Å². The molecule has 0 aliphatic carbocycles. The molecule has 394 valence electrons. The van der Waals surface area contributed by atoms with Crippen molar-refractivity contribution in [1.82, 2.24) is 10.6 Å². The lowest BCUT2D eigenvalue weighted by Gasteiger charge is -2.50. The second kappa shape index (κ2) is 23.8. The van der Waals surface area contributed by atoms with Gasteiger partial charge in [0.05, 0.1) is 45.2 Å². The van der Waals surface area contributed by atoms with Gasteiger partial charge in [-0.25, -0.2) is 4.79 Å². The molecule has 5 fully saturated rings. The van der Waals surface area contributed by atoms with Crippen LogP contribution in [0.2, 0.25) is 0 Å². The van der Waals surface area contributed by atoms with Gasteiger partial charge in [-0.2, -0.15) is 0 Å². The zero-order valence-corrected chi connectivity index (χ0v) is 36.2. The third-order valence-electron chi connectivity index (χ3n) is 12.1. The summed E-state index contributed by atoms with van der Waals surface area (Å²) in [6.07, 6.45) is -46.5. The number of hydrogen-bond donors (Lipinski definition) is 19. The number of hydrogen-bond acceptors (Lipinski definition) is 28. The Kier molecular flexibility index (Phi) is 19.7. The van der Waals surface area contributed by atoms with E-state index in [9.17, 15) is 101 Å². The first-order valence-corrected chi connectivity index (χ1v) is 21.2. The van der Waals surface area contributed by atoms with Crippen molar-refractivity contribution in [2.24, 2.45) is 0 Å². The van der Waals surface area contributed by atoms with Gasteiger partial charge >= 0.3 is 5.97 Å². The van der Waals surface area contributed by atoms with Gasteiger partial charge in [0.2, 0.25) is 11.8 Å². The van der Waals surface area contributed by atoms with Gasteiger partial charge in [-0.05, 0) is 0 Å². The van der Waals surface area contributed by atoms with Gasteiger partial charge in [-0.3, -0.25) is 9.59 Å². The van der Waals surface area contributed by atoms with Crippen molar-refractivity contribution >= 4 is 17.8 Å². The summed E-state index contributed by atoms with van der Waals surface area (Å²) in [5.74, 6) is -6.62. The van der Waals surface area contributed by atoms with Gasteiger partial charge < -0.3 is 140 Å². The van der Waals surface area contributed by atoms with Crippen LogP contribution >= 0.6 is 0 Å². The van der Waals surface area contributed by atoms with Crippen molar-refractivity contribution < 1.29 is 144 Å². The Morgan fingerprint density at radius 1 is 0.588 bits per heavy atom. The van der Waals surface area contributed by atoms with Gasteiger partial charge in [0.25, 0.3) is 5.79 Å². The van der Waals surface area contributed by atoms with E-state index in [1.54, 1.807) is 0 Å². The van der Waals surface area contributed by atoms with Gasteiger partial charge in [0, 0.05) is 20.3 Å². The van der Waals surface area contributed by atoms with E-state index >= 15 is 0 Å². The van der Waals surface area contributed by atoms with Crippen molar-refractivity contribution in [2.45, 2.75) is 179 Å². The van der Waals surface area contributed by atoms with E-state index in [4.69, 9.17) is 42.6 Å². The maximum Gasteiger partial charge on any atom is 0.364 e. The van der Waals surface area contributed by atoms with Gasteiger partial charge in [-0.1, -0.05) is 0 Å². The minimum Gasteiger partial charge on any atom is -0.477 e. The maximum absolute atomic E-state index is 12.7. The molecule has 31 heteroatoms. The van der Waals surface area contributed by atoms with Gasteiger partial charge in [-0.15, -0.1) is 0 Å². The Labute approximate surface area is 384 Å². The fourth-order valence-electron chi connectivity index (χ4n) is 8.42. The summed E-state index contributed by atoms with van der Waals surface area (Å²) < 4.78 is 50.5. The highest BCUT2D eigenvalue weighted by Gasteiger charge is 2.59. The second-order valence-electron chi connectivity index (χ2n) is 16.9. The Balaban J connectivity index is 1.39. The lowest BCUT2D eigenvalue weighted by molar-refractivity contribution is -0.381. The molecule has 5 rings (SSSR count). The van der Waals surface area contributed by atoms with E-state index in [-0.39, 0.29) is 0 Å². The topological polar surface area (TPSA) is 502 Å². The monoisotopic (exact) mass is 998 g/mol. The maximum atomic E-state index is 12.7. The minimum absolute atomic E-state index is 0.782. The molecule has 68 heavy (non-hydrogen) atoms. The number of amides is 2. The van der Waals surface area contributed by atoms with Crippen LogP contribution in [0.3, 0.4) is 0 Å². The smallest absolute Gasteiger partial charge is 0.364 e. The molecule has 5 saturated heterocycles. The van der Waals surface area contributed by atoms with Crippen LogP contribution in [0.15, 0.2) is 0 Å². The molecule has 5 heterocycles. The number of rotatable bonds is 18. The zero-order chi connectivity index (χ0) is 50.7. The number of ether oxygens (including phenoxy) is 9. The number of carbonyl (C=O) groups excluding carboxylic acids is 2. The SMILES string of the molecule is CC(=O)N[C@@H]1[C@H](O[C@H]2[C@@H](O)[C@@H](CO)O[C@@H](O[C@H]3[C@H](O)[C@@H](O)[C@@H](O)O[C@@H]3CO)[C@@H]2O)O[C@H](CO)[C@@H](O)[C@@H]1O[C@@H]1O[C@H](CO[C@]2(C(=O)O)C[C@H](O)[C@@H](NC(C)=O)[C@H]([C@H](O)[C@H](O)CO)O2)[C@H](O)[C@H](O)[C@H]1O. The molecule has 2 amide bonds. The normalized spacial score (nSPS) is 46.6. The lowest BCUT2D eigenvalue weighted by atomic mass is 9.88. The molecule has 26 atom stereocenters. The van der Waals surface area contributed by atoms with Crippen LogP contribution in [0.5, 0.6) is 0 Å². The highest BCUT2D eigenvalue weighted by molar-refractivity contribution is 5.76. The van der Waals surface area contributed by atoms with E-state index in [2.05, 4.69) is 10.6 Å². The highest BCUT2D eigenvalue weighted by atomic mass is 16.8. The Bertz CT molecular complexity index is 1660. The molecule has 19 N–H and O–H groups in total. The average Bonchev–Trinajstić information content (AvgIpc) is 3.29. The van der Waals surface area contributed by atoms with Crippen molar-refractivity contribution in [3.63, 3.8) is 0 Å². The lowest BCUT2D eigenvalue weighted by Crippen LogP contribution is -2.70. The zero-order valence-electron chi connectivity index (χ0n) is 36.2. The summed E-state index contributed by atoms with van der Waals surface area (Å²) >= 11 is 0. The molecule has 0 spiro atoms. The molecule has 5 aliphatic rings. The molecular formula is C37H62N2O29. The van der Waals surface area contributed by atoms with Crippen molar-refractivity contribution in [3.8, 4) is 0 Å². The standard InChI is InChI=1S/C37H62N2O29/c1-9(44)38-17-11(46)3-37(36(58)59,68-30(17)19(48)12(47)4-40)60-8-16-20(49)23(52)26(55)34(64-16)66-29-18(39-10(2)45)33(62-13(5-41)21(29)50)67-31-22(51)14(6-42)63-35(27(31)56)65-28-15(7-43)61-32(57)25(54)24(28)53/h11-35,40-43,46-57H,3-8H2,1-2H3,(H,38,44)(H,39,45)(H,58,59)/t11-,12+,13+,14+,15+,16+,17+,18-,19+,20-,21+,22-,23-,24+,25+,26+,27+,28+,29+,30+,31-,32-,33-,34-,35-,37+/m0/s1. The average molecular weight is 999 g/mol. The van der Waals surface area contributed by atoms with Crippen LogP contribution < -0.4 is 10.6 Å². The molecular weight excluding hydrogens is 936 g/mol.